The molecule has 3 rings (SSSR count). The lowest BCUT2D eigenvalue weighted by Gasteiger charge is -2.27. The van der Waals surface area contributed by atoms with E-state index in [1.54, 1.807) is 0 Å². The number of hydrogen-bond acceptors (Lipinski definition) is 2. The van der Waals surface area contributed by atoms with Crippen LogP contribution in [0.25, 0.3) is 0 Å². The summed E-state index contributed by atoms with van der Waals surface area (Å²) in [6.07, 6.45) is 4.50. The Bertz CT molecular complexity index is 546. The van der Waals surface area contributed by atoms with Crippen LogP contribution < -0.4 is 5.32 Å². The minimum Gasteiger partial charge on any atom is -0.480 e. The number of rotatable bonds is 3. The third-order valence-corrected chi connectivity index (χ3v) is 4.68. The van der Waals surface area contributed by atoms with Gasteiger partial charge in [0.1, 0.15) is 5.54 Å². The molecule has 4 heteroatoms. The van der Waals surface area contributed by atoms with Gasteiger partial charge in [0.05, 0.1) is 5.92 Å². The van der Waals surface area contributed by atoms with Gasteiger partial charge in [0, 0.05) is 0 Å². The second-order valence-corrected chi connectivity index (χ2v) is 5.87. The smallest absolute Gasteiger partial charge is 0.329 e. The first kappa shape index (κ1) is 13.2. The van der Waals surface area contributed by atoms with Gasteiger partial charge in [-0.05, 0) is 36.8 Å². The first-order valence-electron chi connectivity index (χ1n) is 7.26. The third-order valence-electron chi connectivity index (χ3n) is 4.68. The molecule has 1 amide bonds. The van der Waals surface area contributed by atoms with Gasteiger partial charge in [-0.25, -0.2) is 4.79 Å². The van der Waals surface area contributed by atoms with E-state index in [1.165, 1.54) is 5.56 Å². The van der Waals surface area contributed by atoms with Crippen molar-refractivity contribution in [2.45, 2.75) is 50.0 Å². The Balaban J connectivity index is 1.79. The summed E-state index contributed by atoms with van der Waals surface area (Å²) in [4.78, 5) is 24.0. The largest absolute Gasteiger partial charge is 0.480 e. The van der Waals surface area contributed by atoms with Gasteiger partial charge in [0.15, 0.2) is 0 Å². The standard InChI is InChI=1S/C16H19NO3/c18-14(17-16(15(19)20)9-3-4-10-16)13-8-7-11-5-1-2-6-12(11)13/h1-2,5-6,13H,3-4,7-10H2,(H,17,18)(H,19,20)/t13-/m0/s1. The van der Waals surface area contributed by atoms with Crippen LogP contribution in [-0.2, 0) is 16.0 Å². The van der Waals surface area contributed by atoms with Crippen molar-refractivity contribution in [3.05, 3.63) is 35.4 Å². The number of carbonyl (C=O) groups excluding carboxylic acids is 1. The van der Waals surface area contributed by atoms with Crippen LogP contribution in [0.1, 0.15) is 49.1 Å². The molecule has 0 aromatic heterocycles. The number of carboxylic acids is 1. The molecule has 0 saturated heterocycles. The SMILES string of the molecule is O=C(NC1(C(=O)O)CCCC1)[C@H]1CCc2ccccc21. The van der Waals surface area contributed by atoms with E-state index in [1.807, 2.05) is 24.3 Å². The fourth-order valence-electron chi connectivity index (χ4n) is 3.52. The summed E-state index contributed by atoms with van der Waals surface area (Å²) in [7, 11) is 0. The molecule has 1 atom stereocenters. The van der Waals surface area contributed by atoms with Crippen molar-refractivity contribution >= 4 is 11.9 Å². The molecule has 1 aromatic carbocycles. The van der Waals surface area contributed by atoms with Gasteiger partial charge in [-0.1, -0.05) is 37.1 Å². The zero-order chi connectivity index (χ0) is 14.2. The average molecular weight is 273 g/mol. The van der Waals surface area contributed by atoms with E-state index >= 15 is 0 Å². The van der Waals surface area contributed by atoms with Gasteiger partial charge in [-0.3, -0.25) is 4.79 Å². The molecule has 0 radical (unpaired) electrons. The van der Waals surface area contributed by atoms with E-state index in [0.29, 0.717) is 12.8 Å². The van der Waals surface area contributed by atoms with Gasteiger partial charge in [0.2, 0.25) is 5.91 Å². The Kier molecular flexibility index (Phi) is 3.24. The minimum atomic E-state index is -1.03. The van der Waals surface area contributed by atoms with Crippen molar-refractivity contribution < 1.29 is 14.7 Å². The highest BCUT2D eigenvalue weighted by Crippen LogP contribution is 2.35. The quantitative estimate of drug-likeness (QED) is 0.887. The van der Waals surface area contributed by atoms with Gasteiger partial charge in [0.25, 0.3) is 0 Å². The zero-order valence-corrected chi connectivity index (χ0v) is 11.4. The van der Waals surface area contributed by atoms with Crippen LogP contribution in [0.2, 0.25) is 0 Å². The lowest BCUT2D eigenvalue weighted by Crippen LogP contribution is -2.53. The number of amides is 1. The molecule has 0 bridgehead atoms. The summed E-state index contributed by atoms with van der Waals surface area (Å²) >= 11 is 0. The molecule has 106 valence electrons. The Morgan fingerprint density at radius 3 is 2.60 bits per heavy atom. The molecule has 20 heavy (non-hydrogen) atoms. The van der Waals surface area contributed by atoms with Crippen molar-refractivity contribution in [1.29, 1.82) is 0 Å². The molecule has 0 spiro atoms. The van der Waals surface area contributed by atoms with E-state index in [2.05, 4.69) is 5.32 Å². The summed E-state index contributed by atoms with van der Waals surface area (Å²) in [5.74, 6) is -1.21. The topological polar surface area (TPSA) is 66.4 Å². The first-order valence-corrected chi connectivity index (χ1v) is 7.26. The maximum absolute atomic E-state index is 12.5. The first-order chi connectivity index (χ1) is 9.62. The van der Waals surface area contributed by atoms with Crippen LogP contribution in [0.3, 0.4) is 0 Å². The molecule has 4 nitrogen and oxygen atoms in total. The van der Waals surface area contributed by atoms with Crippen LogP contribution in [-0.4, -0.2) is 22.5 Å². The van der Waals surface area contributed by atoms with Crippen molar-refractivity contribution in [2.24, 2.45) is 0 Å². The Morgan fingerprint density at radius 1 is 1.20 bits per heavy atom. The Hall–Kier alpha value is -1.84. The van der Waals surface area contributed by atoms with E-state index < -0.39 is 11.5 Å². The highest BCUT2D eigenvalue weighted by Gasteiger charge is 2.44. The fraction of sp³-hybridized carbons (Fsp3) is 0.500. The monoisotopic (exact) mass is 273 g/mol. The molecular formula is C16H19NO3. The molecule has 2 N–H and O–H groups in total. The normalized spacial score (nSPS) is 23.3. The Morgan fingerprint density at radius 2 is 1.90 bits per heavy atom. The number of fused-ring (bicyclic) bond motifs is 1. The molecule has 1 saturated carbocycles. The number of hydrogen-bond donors (Lipinski definition) is 2. The minimum absolute atomic E-state index is 0.126. The summed E-state index contributed by atoms with van der Waals surface area (Å²) in [6, 6.07) is 7.95. The molecule has 1 fully saturated rings. The maximum atomic E-state index is 12.5. The number of benzene rings is 1. The number of nitrogens with one attached hydrogen (secondary N) is 1. The van der Waals surface area contributed by atoms with Crippen LogP contribution >= 0.6 is 0 Å². The van der Waals surface area contributed by atoms with Gasteiger partial charge < -0.3 is 10.4 Å². The number of carbonyl (C=O) groups is 2. The second kappa shape index (κ2) is 4.93. The van der Waals surface area contributed by atoms with Crippen molar-refractivity contribution in [1.82, 2.24) is 5.32 Å². The van der Waals surface area contributed by atoms with Crippen molar-refractivity contribution in [2.75, 3.05) is 0 Å². The summed E-state index contributed by atoms with van der Waals surface area (Å²) in [5.41, 5.74) is 1.24. The fourth-order valence-corrected chi connectivity index (χ4v) is 3.52. The van der Waals surface area contributed by atoms with E-state index in [9.17, 15) is 14.7 Å². The molecule has 0 heterocycles. The van der Waals surface area contributed by atoms with E-state index in [4.69, 9.17) is 0 Å². The van der Waals surface area contributed by atoms with Crippen molar-refractivity contribution in [3.8, 4) is 0 Å². The molecular weight excluding hydrogens is 254 g/mol. The number of carboxylic acid groups (broad SMARTS) is 1. The van der Waals surface area contributed by atoms with E-state index in [0.717, 1.165) is 31.2 Å². The summed E-state index contributed by atoms with van der Waals surface area (Å²) < 4.78 is 0. The number of aryl methyl sites for hydroxylation is 1. The summed E-state index contributed by atoms with van der Waals surface area (Å²) in [5, 5.41) is 12.3. The molecule has 0 unspecified atom stereocenters. The zero-order valence-electron chi connectivity index (χ0n) is 11.4. The van der Waals surface area contributed by atoms with Gasteiger partial charge in [-0.15, -0.1) is 0 Å². The average Bonchev–Trinajstić information content (AvgIpc) is 3.05. The molecule has 0 aliphatic heterocycles. The van der Waals surface area contributed by atoms with Crippen LogP contribution in [0.5, 0.6) is 0 Å². The van der Waals surface area contributed by atoms with Crippen LogP contribution in [0, 0.1) is 0 Å². The van der Waals surface area contributed by atoms with Crippen LogP contribution in [0.15, 0.2) is 24.3 Å². The van der Waals surface area contributed by atoms with E-state index in [-0.39, 0.29) is 11.8 Å². The van der Waals surface area contributed by atoms with Gasteiger partial charge in [-0.2, -0.15) is 0 Å². The highest BCUT2D eigenvalue weighted by atomic mass is 16.4. The summed E-state index contributed by atoms with van der Waals surface area (Å²) in [6.45, 7) is 0. The van der Waals surface area contributed by atoms with Crippen molar-refractivity contribution in [3.63, 3.8) is 0 Å². The molecule has 2 aliphatic rings. The lowest BCUT2D eigenvalue weighted by atomic mass is 9.94. The second-order valence-electron chi connectivity index (χ2n) is 5.87. The van der Waals surface area contributed by atoms with Crippen LogP contribution in [0.4, 0.5) is 0 Å². The molecule has 2 aliphatic carbocycles. The Labute approximate surface area is 118 Å². The maximum Gasteiger partial charge on any atom is 0.329 e. The predicted octanol–water partition coefficient (Wildman–Crippen LogP) is 2.23. The highest BCUT2D eigenvalue weighted by molar-refractivity contribution is 5.91. The lowest BCUT2D eigenvalue weighted by molar-refractivity contribution is -0.147. The number of aliphatic carboxylic acids is 1. The third kappa shape index (κ3) is 2.09. The van der Waals surface area contributed by atoms with Gasteiger partial charge >= 0.3 is 5.97 Å². The predicted molar refractivity (Wildman–Crippen MR) is 74.5 cm³/mol. The molecule has 1 aromatic rings.